The minimum atomic E-state index is -3.69. The van der Waals surface area contributed by atoms with Crippen LogP contribution in [0.3, 0.4) is 0 Å². The van der Waals surface area contributed by atoms with E-state index in [1.807, 2.05) is 24.3 Å². The lowest BCUT2D eigenvalue weighted by molar-refractivity contribution is 0.285. The molecule has 1 aliphatic heterocycles. The highest BCUT2D eigenvalue weighted by molar-refractivity contribution is 7.90. The first-order valence-corrected chi connectivity index (χ1v) is 11.0. The van der Waals surface area contributed by atoms with Gasteiger partial charge in [-0.05, 0) is 55.4 Å². The van der Waals surface area contributed by atoms with Gasteiger partial charge in [-0.15, -0.1) is 0 Å². The zero-order valence-electron chi connectivity index (χ0n) is 16.0. The van der Waals surface area contributed by atoms with Crippen LogP contribution in [0.5, 0.6) is 5.75 Å². The summed E-state index contributed by atoms with van der Waals surface area (Å²) in [6.45, 7) is 4.71. The average molecular weight is 400 g/mol. The molecule has 0 amide bonds. The summed E-state index contributed by atoms with van der Waals surface area (Å²) < 4.78 is 33.2. The van der Waals surface area contributed by atoms with Gasteiger partial charge in [0.2, 0.25) is 0 Å². The number of hydrogen-bond donors (Lipinski definition) is 1. The molecule has 0 aliphatic carbocycles. The van der Waals surface area contributed by atoms with Gasteiger partial charge in [0.25, 0.3) is 10.0 Å². The molecule has 0 radical (unpaired) electrons. The van der Waals surface area contributed by atoms with Gasteiger partial charge in [-0.2, -0.15) is 0 Å². The maximum Gasteiger partial charge on any atom is 0.268 e. The molecule has 1 aromatic heterocycles. The summed E-state index contributed by atoms with van der Waals surface area (Å²) in [4.78, 5) is 2.63. The number of rotatable bonds is 5. The van der Waals surface area contributed by atoms with Crippen molar-refractivity contribution in [2.75, 3.05) is 33.3 Å². The van der Waals surface area contributed by atoms with Crippen LogP contribution in [-0.2, 0) is 16.6 Å². The largest absolute Gasteiger partial charge is 0.497 e. The van der Waals surface area contributed by atoms with E-state index in [4.69, 9.17) is 4.74 Å². The highest BCUT2D eigenvalue weighted by atomic mass is 32.2. The fraction of sp³-hybridized carbons (Fsp3) is 0.333. The van der Waals surface area contributed by atoms with E-state index in [0.717, 1.165) is 50.1 Å². The zero-order chi connectivity index (χ0) is 19.6. The number of ether oxygens (including phenoxy) is 1. The van der Waals surface area contributed by atoms with Crippen LogP contribution in [0.2, 0.25) is 0 Å². The number of methoxy groups -OCH3 is 1. The Bertz CT molecular complexity index is 1050. The van der Waals surface area contributed by atoms with E-state index in [-0.39, 0.29) is 4.90 Å². The Labute approximate surface area is 165 Å². The first kappa shape index (κ1) is 19.0. The number of benzene rings is 2. The topological polar surface area (TPSA) is 63.6 Å². The van der Waals surface area contributed by atoms with Gasteiger partial charge in [-0.25, -0.2) is 12.4 Å². The van der Waals surface area contributed by atoms with Gasteiger partial charge in [0.15, 0.2) is 0 Å². The van der Waals surface area contributed by atoms with Crippen LogP contribution >= 0.6 is 0 Å². The lowest BCUT2D eigenvalue weighted by Crippen LogP contribution is -2.27. The SMILES string of the molecule is COc1ccc(S(=O)(=O)n2cc(CN3CCCNCC3)c3ccccc32)cc1. The second-order valence-electron chi connectivity index (χ2n) is 7.03. The van der Waals surface area contributed by atoms with Gasteiger partial charge in [-0.1, -0.05) is 18.2 Å². The lowest BCUT2D eigenvalue weighted by Gasteiger charge is -2.18. The van der Waals surface area contributed by atoms with Crippen molar-refractivity contribution in [1.82, 2.24) is 14.2 Å². The van der Waals surface area contributed by atoms with E-state index in [9.17, 15) is 8.42 Å². The van der Waals surface area contributed by atoms with Crippen molar-refractivity contribution in [2.45, 2.75) is 17.9 Å². The van der Waals surface area contributed by atoms with Crippen molar-refractivity contribution in [3.63, 3.8) is 0 Å². The highest BCUT2D eigenvalue weighted by Gasteiger charge is 2.22. The molecule has 7 heteroatoms. The molecule has 148 valence electrons. The summed E-state index contributed by atoms with van der Waals surface area (Å²) in [5, 5.41) is 4.39. The molecule has 1 fully saturated rings. The van der Waals surface area contributed by atoms with Crippen LogP contribution in [-0.4, -0.2) is 50.6 Å². The second-order valence-corrected chi connectivity index (χ2v) is 8.84. The number of hydrogen-bond acceptors (Lipinski definition) is 5. The molecule has 0 saturated carbocycles. The number of fused-ring (bicyclic) bond motifs is 1. The number of nitrogens with one attached hydrogen (secondary N) is 1. The van der Waals surface area contributed by atoms with Crippen molar-refractivity contribution >= 4 is 20.9 Å². The van der Waals surface area contributed by atoms with Crippen LogP contribution < -0.4 is 10.1 Å². The van der Waals surface area contributed by atoms with Crippen molar-refractivity contribution in [3.05, 3.63) is 60.3 Å². The molecule has 1 saturated heterocycles. The molecule has 0 bridgehead atoms. The minimum Gasteiger partial charge on any atom is -0.497 e. The first-order chi connectivity index (χ1) is 13.6. The van der Waals surface area contributed by atoms with Gasteiger partial charge >= 0.3 is 0 Å². The standard InChI is InChI=1S/C21H25N3O3S/c1-27-18-7-9-19(10-8-18)28(25,26)24-16-17(20-5-2-3-6-21(20)24)15-23-13-4-11-22-12-14-23/h2-3,5-10,16,22H,4,11-15H2,1H3. The van der Waals surface area contributed by atoms with Crippen molar-refractivity contribution in [3.8, 4) is 5.75 Å². The fourth-order valence-corrected chi connectivity index (χ4v) is 5.10. The molecule has 6 nitrogen and oxygen atoms in total. The predicted molar refractivity (Wildman–Crippen MR) is 110 cm³/mol. The molecular weight excluding hydrogens is 374 g/mol. The Morgan fingerprint density at radius 1 is 1.04 bits per heavy atom. The Hall–Kier alpha value is -2.35. The monoisotopic (exact) mass is 399 g/mol. The molecule has 28 heavy (non-hydrogen) atoms. The molecule has 3 aromatic rings. The third kappa shape index (κ3) is 3.65. The smallest absolute Gasteiger partial charge is 0.268 e. The average Bonchev–Trinajstić information content (AvgIpc) is 2.90. The summed E-state index contributed by atoms with van der Waals surface area (Å²) in [5.74, 6) is 0.631. The molecular formula is C21H25N3O3S. The van der Waals surface area contributed by atoms with Crippen LogP contribution in [0.4, 0.5) is 0 Å². The zero-order valence-corrected chi connectivity index (χ0v) is 16.8. The Kier molecular flexibility index (Phi) is 5.39. The number of aromatic nitrogens is 1. The molecule has 0 unspecified atom stereocenters. The summed E-state index contributed by atoms with van der Waals surface area (Å²) in [6.07, 6.45) is 2.88. The molecule has 1 aliphatic rings. The quantitative estimate of drug-likeness (QED) is 0.715. The maximum absolute atomic E-state index is 13.3. The lowest BCUT2D eigenvalue weighted by atomic mass is 10.1. The van der Waals surface area contributed by atoms with Crippen molar-refractivity contribution in [1.29, 1.82) is 0 Å². The van der Waals surface area contributed by atoms with Crippen LogP contribution in [0.1, 0.15) is 12.0 Å². The van der Waals surface area contributed by atoms with Crippen molar-refractivity contribution < 1.29 is 13.2 Å². The highest BCUT2D eigenvalue weighted by Crippen LogP contribution is 2.27. The fourth-order valence-electron chi connectivity index (χ4n) is 3.70. The molecule has 0 atom stereocenters. The maximum atomic E-state index is 13.3. The molecule has 2 aromatic carbocycles. The molecule has 2 heterocycles. The van der Waals surface area contributed by atoms with Crippen molar-refractivity contribution in [2.24, 2.45) is 0 Å². The summed E-state index contributed by atoms with van der Waals surface area (Å²) >= 11 is 0. The second kappa shape index (κ2) is 7.95. The normalized spacial score (nSPS) is 16.2. The number of para-hydroxylation sites is 1. The third-order valence-corrected chi connectivity index (χ3v) is 6.89. The molecule has 1 N–H and O–H groups in total. The van der Waals surface area contributed by atoms with Gasteiger partial charge in [0.1, 0.15) is 5.75 Å². The van der Waals surface area contributed by atoms with Crippen LogP contribution in [0.25, 0.3) is 10.9 Å². The molecule has 4 rings (SSSR count). The Balaban J connectivity index is 1.74. The van der Waals surface area contributed by atoms with Gasteiger partial charge in [-0.3, -0.25) is 4.90 Å². The summed E-state index contributed by atoms with van der Waals surface area (Å²) in [7, 11) is -2.12. The van der Waals surface area contributed by atoms with E-state index in [0.29, 0.717) is 11.3 Å². The van der Waals surface area contributed by atoms with E-state index in [1.165, 1.54) is 3.97 Å². The third-order valence-electron chi connectivity index (χ3n) is 5.20. The molecule has 0 spiro atoms. The van der Waals surface area contributed by atoms with Gasteiger partial charge < -0.3 is 10.1 Å². The van der Waals surface area contributed by atoms with E-state index < -0.39 is 10.0 Å². The van der Waals surface area contributed by atoms with Gasteiger partial charge in [0, 0.05) is 31.2 Å². The minimum absolute atomic E-state index is 0.250. The first-order valence-electron chi connectivity index (χ1n) is 9.51. The van der Waals surface area contributed by atoms with Crippen LogP contribution in [0, 0.1) is 0 Å². The Morgan fingerprint density at radius 3 is 2.61 bits per heavy atom. The predicted octanol–water partition coefficient (Wildman–Crippen LogP) is 2.68. The van der Waals surface area contributed by atoms with E-state index in [2.05, 4.69) is 10.2 Å². The number of nitrogens with zero attached hydrogens (tertiary/aromatic N) is 2. The van der Waals surface area contributed by atoms with E-state index in [1.54, 1.807) is 37.6 Å². The van der Waals surface area contributed by atoms with Gasteiger partial charge in [0.05, 0.1) is 17.5 Å². The van der Waals surface area contributed by atoms with E-state index >= 15 is 0 Å². The Morgan fingerprint density at radius 2 is 1.82 bits per heavy atom. The summed E-state index contributed by atoms with van der Waals surface area (Å²) in [6, 6.07) is 14.2. The summed E-state index contributed by atoms with van der Waals surface area (Å²) in [5.41, 5.74) is 1.75. The van der Waals surface area contributed by atoms with Crippen LogP contribution in [0.15, 0.2) is 59.6 Å².